The number of rotatable bonds is 33. The second kappa shape index (κ2) is 29.6. The number of fused-ring (bicyclic) bond motifs is 1. The molecule has 0 spiro atoms. The third kappa shape index (κ3) is 21.3. The Hall–Kier alpha value is -2.60. The topological polar surface area (TPSA) is 516 Å². The summed E-state index contributed by atoms with van der Waals surface area (Å²) in [4.78, 5) is 90.8. The third-order valence-electron chi connectivity index (χ3n) is 13.2. The number of amides is 1. The van der Waals surface area contributed by atoms with Gasteiger partial charge in [0.15, 0.2) is 11.5 Å². The van der Waals surface area contributed by atoms with Gasteiger partial charge in [-0.15, -0.1) is 0 Å². The maximum Gasteiger partial charge on any atom is 0.472 e. The number of hydrogen-bond donors (Lipinski definition) is 10. The van der Waals surface area contributed by atoms with Crippen LogP contribution in [0.3, 0.4) is 0 Å². The zero-order chi connectivity index (χ0) is 60.5. The van der Waals surface area contributed by atoms with E-state index in [1.54, 1.807) is 27.7 Å². The molecule has 42 heteroatoms. The number of aromatic amines is 1. The van der Waals surface area contributed by atoms with Crippen LogP contribution in [0.4, 0.5) is 5.82 Å². The van der Waals surface area contributed by atoms with Gasteiger partial charge in [0.05, 0.1) is 75.8 Å². The largest absolute Gasteiger partial charge is 0.472 e. The molecular weight excluding hydrogens is 1220 g/mol. The number of carbonyl (C=O) groups is 1. The lowest BCUT2D eigenvalue weighted by molar-refractivity contribution is -0.119. The number of ether oxygens (including phenoxy) is 6. The highest BCUT2D eigenvalue weighted by Crippen LogP contribution is 2.53. The van der Waals surface area contributed by atoms with Crippen molar-refractivity contribution < 1.29 is 126 Å². The average molecular weight is 1290 g/mol. The Balaban J connectivity index is 0.858. The SMILES string of the molecule is CC(=O)NCCCOP(=O)(O)OC1CC(C)OC1COP(=O)(O)OC1CC(C)OC1COP(=O)(O)OC1CC(C)OC1COP(=O)(O)OC1CC(C)OC1CNCC(N=[N+]=[N-])OC1CC(c2nc3ncnc(N)c3[nH]2)OC1COP(=O)(O)O. The van der Waals surface area contributed by atoms with Crippen LogP contribution < -0.4 is 16.4 Å². The molecule has 472 valence electrons. The van der Waals surface area contributed by atoms with E-state index in [2.05, 4.69) is 40.6 Å². The molecule has 1 amide bonds. The maximum absolute atomic E-state index is 13.4. The van der Waals surface area contributed by atoms with Gasteiger partial charge in [0.25, 0.3) is 0 Å². The second-order valence-electron chi connectivity index (χ2n) is 20.1. The number of hydrogen-bond acceptors (Lipinski definition) is 27. The molecule has 0 aromatic carbocycles. The minimum atomic E-state index is -5.01. The van der Waals surface area contributed by atoms with E-state index in [-0.39, 0.29) is 88.0 Å². The quantitative estimate of drug-likeness (QED) is 0.0161. The first-order valence-corrected chi connectivity index (χ1v) is 33.7. The van der Waals surface area contributed by atoms with Crippen LogP contribution in [0, 0.1) is 0 Å². The van der Waals surface area contributed by atoms with E-state index in [9.17, 15) is 62.5 Å². The van der Waals surface area contributed by atoms with Gasteiger partial charge in [0.1, 0.15) is 72.7 Å². The van der Waals surface area contributed by atoms with Crippen molar-refractivity contribution in [2.75, 3.05) is 58.4 Å². The van der Waals surface area contributed by atoms with Gasteiger partial charge in [-0.1, -0.05) is 5.11 Å². The second-order valence-corrected chi connectivity index (χ2v) is 27.0. The number of azide groups is 1. The van der Waals surface area contributed by atoms with E-state index in [0.29, 0.717) is 5.52 Å². The van der Waals surface area contributed by atoms with E-state index in [0.717, 1.165) is 0 Å². The number of nitrogens with zero attached hydrogens (tertiary/aromatic N) is 6. The zero-order valence-electron chi connectivity index (χ0n) is 45.5. The number of phosphoric acid groups is 5. The Bertz CT molecular complexity index is 2790. The Morgan fingerprint density at radius 2 is 1.16 bits per heavy atom. The molecule has 0 saturated carbocycles. The van der Waals surface area contributed by atoms with E-state index in [4.69, 9.17) is 74.9 Å². The lowest BCUT2D eigenvalue weighted by atomic mass is 10.1. The van der Waals surface area contributed by atoms with Crippen LogP contribution in [0.25, 0.3) is 21.6 Å². The molecule has 7 rings (SSSR count). The van der Waals surface area contributed by atoms with Crippen molar-refractivity contribution in [3.63, 3.8) is 0 Å². The minimum Gasteiger partial charge on any atom is -0.382 e. The van der Waals surface area contributed by atoms with Crippen LogP contribution in [0.5, 0.6) is 0 Å². The normalized spacial score (nSPS) is 33.6. The molecule has 20 unspecified atom stereocenters. The molecule has 11 N–H and O–H groups in total. The maximum atomic E-state index is 13.4. The molecule has 0 radical (unpaired) electrons. The molecule has 2 aromatic rings. The summed E-state index contributed by atoms with van der Waals surface area (Å²) in [6.07, 6.45) is -13.6. The fraction of sp³-hybridized carbons (Fsp3) is 0.854. The van der Waals surface area contributed by atoms with Gasteiger partial charge >= 0.3 is 39.1 Å². The van der Waals surface area contributed by atoms with Gasteiger partial charge in [0.2, 0.25) is 5.91 Å². The summed E-state index contributed by atoms with van der Waals surface area (Å²) in [6.45, 7) is 5.04. The monoisotopic (exact) mass is 1290 g/mol. The number of carbonyl (C=O) groups excluding carboxylic acids is 1. The van der Waals surface area contributed by atoms with Gasteiger partial charge < -0.3 is 79.1 Å². The summed E-state index contributed by atoms with van der Waals surface area (Å²) in [6, 6.07) is 0. The average Bonchev–Trinajstić information content (AvgIpc) is 4.35. The van der Waals surface area contributed by atoms with Gasteiger partial charge in [-0.3, -0.25) is 45.5 Å². The Kier molecular flexibility index (Phi) is 24.2. The molecule has 2 aromatic heterocycles. The summed E-state index contributed by atoms with van der Waals surface area (Å²) in [7, 11) is -24.5. The standard InChI is InChI=1S/C41H71N10O27P5/c1-21-9-27(32(69-21)14-44-15-37(50-51-43)74-26-13-31(73-33(26)16-65-79(53,54)55)40-48-38-39(42)46-20-47-41(38)49-40)75-81(58,59)66-18-35-29(11-23(3)71-35)77-83(62,63)68-19-36-30(12-24(4)72-36)78-82(60,61)67-17-34-28(10-22(2)70-34)76-80(56,57)64-8-6-7-45-25(5)52/h20-24,26-37,44H,6-19H2,1-5H3,(H,45,52)(H,56,57)(H,58,59)(H,60,61)(H,62,63)(H2,53,54,55)(H3,42,46,47,48,49). The molecule has 5 fully saturated rings. The number of imidazole rings is 1. The highest BCUT2D eigenvalue weighted by molar-refractivity contribution is 7.48. The van der Waals surface area contributed by atoms with Crippen molar-refractivity contribution in [2.45, 2.75) is 171 Å². The molecule has 83 heavy (non-hydrogen) atoms. The predicted molar refractivity (Wildman–Crippen MR) is 279 cm³/mol. The van der Waals surface area contributed by atoms with Crippen LogP contribution in [-0.2, 0) is 96.8 Å². The first-order chi connectivity index (χ1) is 38.9. The fourth-order valence-corrected chi connectivity index (χ4v) is 13.9. The van der Waals surface area contributed by atoms with Gasteiger partial charge in [-0.2, -0.15) is 0 Å². The number of H-pyrrole nitrogens is 1. The smallest absolute Gasteiger partial charge is 0.382 e. The summed E-state index contributed by atoms with van der Waals surface area (Å²) in [5.74, 6) is 0.0902. The summed E-state index contributed by atoms with van der Waals surface area (Å²) >= 11 is 0. The number of aromatic nitrogens is 4. The Labute approximate surface area is 474 Å². The van der Waals surface area contributed by atoms with E-state index in [1.165, 1.54) is 13.3 Å². The highest BCUT2D eigenvalue weighted by Gasteiger charge is 2.47. The lowest BCUT2D eigenvalue weighted by Gasteiger charge is -2.26. The van der Waals surface area contributed by atoms with E-state index < -0.39 is 163 Å². The number of nitrogens with two attached hydrogens (primary N) is 1. The molecule has 5 saturated heterocycles. The van der Waals surface area contributed by atoms with Crippen LogP contribution in [0.1, 0.15) is 85.1 Å². The van der Waals surface area contributed by atoms with Crippen LogP contribution in [0.2, 0.25) is 0 Å². The summed E-state index contributed by atoms with van der Waals surface area (Å²) < 4.78 is 147. The first-order valence-electron chi connectivity index (χ1n) is 26.1. The van der Waals surface area contributed by atoms with Gasteiger partial charge in [-0.05, 0) is 39.6 Å². The predicted octanol–water partition coefficient (Wildman–Crippen LogP) is 2.73. The minimum absolute atomic E-state index is 0.00932. The molecule has 20 atom stereocenters. The zero-order valence-corrected chi connectivity index (χ0v) is 49.9. The molecular formula is C41H71N10O27P5. The number of phosphoric ester groups is 5. The van der Waals surface area contributed by atoms with Crippen molar-refractivity contribution in [3.05, 3.63) is 22.6 Å². The lowest BCUT2D eigenvalue weighted by Crippen LogP contribution is -2.40. The number of nitrogen functional groups attached to an aromatic ring is 1. The van der Waals surface area contributed by atoms with Crippen molar-refractivity contribution in [2.24, 2.45) is 5.11 Å². The van der Waals surface area contributed by atoms with Crippen LogP contribution >= 0.6 is 39.1 Å². The van der Waals surface area contributed by atoms with Crippen LogP contribution in [0.15, 0.2) is 11.4 Å². The number of nitrogens with one attached hydrogen (secondary N) is 3. The third-order valence-corrected chi connectivity index (χ3v) is 17.8. The Morgan fingerprint density at radius 1 is 0.699 bits per heavy atom. The van der Waals surface area contributed by atoms with E-state index >= 15 is 0 Å². The van der Waals surface area contributed by atoms with Crippen molar-refractivity contribution >= 4 is 62.0 Å². The number of anilines is 1. The molecule has 5 aliphatic rings. The molecule has 0 bridgehead atoms. The van der Waals surface area contributed by atoms with Crippen LogP contribution in [-0.4, -0.2) is 200 Å². The molecule has 0 aliphatic carbocycles. The Morgan fingerprint density at radius 3 is 1.63 bits per heavy atom. The van der Waals surface area contributed by atoms with Gasteiger partial charge in [-0.25, -0.2) is 37.8 Å². The molecule has 5 aliphatic heterocycles. The van der Waals surface area contributed by atoms with E-state index in [1.807, 2.05) is 0 Å². The summed E-state index contributed by atoms with van der Waals surface area (Å²) in [5.41, 5.74) is 15.9. The highest BCUT2D eigenvalue weighted by atomic mass is 31.2. The van der Waals surface area contributed by atoms with Crippen molar-refractivity contribution in [1.82, 2.24) is 30.6 Å². The van der Waals surface area contributed by atoms with Crippen molar-refractivity contribution in [1.29, 1.82) is 0 Å². The fourth-order valence-electron chi connectivity index (χ4n) is 9.67. The molecule has 7 heterocycles. The summed E-state index contributed by atoms with van der Waals surface area (Å²) in [5, 5.41) is 9.24. The molecule has 37 nitrogen and oxygen atoms in total. The van der Waals surface area contributed by atoms with Gasteiger partial charge in [0, 0.05) is 63.6 Å². The van der Waals surface area contributed by atoms with Crippen molar-refractivity contribution in [3.8, 4) is 0 Å². The first kappa shape index (κ1) is 67.9.